The van der Waals surface area contributed by atoms with Gasteiger partial charge in [0.2, 0.25) is 0 Å². The van der Waals surface area contributed by atoms with Crippen LogP contribution in [0.15, 0.2) is 28.7 Å². The molecule has 1 aliphatic heterocycles. The molecular formula is C14H17BrO3. The molecule has 2 rings (SSSR count). The molecule has 98 valence electrons. The number of halogens is 1. The summed E-state index contributed by atoms with van der Waals surface area (Å²) in [5, 5.41) is 9.38. The third kappa shape index (κ3) is 3.56. The Bertz CT molecular complexity index is 396. The summed E-state index contributed by atoms with van der Waals surface area (Å²) in [5.41, 5.74) is 0.886. The molecule has 1 saturated heterocycles. The van der Waals surface area contributed by atoms with Gasteiger partial charge in [0, 0.05) is 17.7 Å². The van der Waals surface area contributed by atoms with Crippen molar-refractivity contribution in [3.05, 3.63) is 34.3 Å². The lowest BCUT2D eigenvalue weighted by Gasteiger charge is -2.25. The Morgan fingerprint density at radius 2 is 1.94 bits per heavy atom. The maximum absolute atomic E-state index is 11.4. The predicted molar refractivity (Wildman–Crippen MR) is 72.7 cm³/mol. The van der Waals surface area contributed by atoms with Crippen molar-refractivity contribution in [2.75, 3.05) is 13.2 Å². The molecule has 0 aromatic heterocycles. The second kappa shape index (κ2) is 6.34. The Morgan fingerprint density at radius 1 is 1.33 bits per heavy atom. The van der Waals surface area contributed by atoms with Crippen LogP contribution >= 0.6 is 15.9 Å². The third-order valence-corrected chi connectivity index (χ3v) is 4.01. The fourth-order valence-electron chi connectivity index (χ4n) is 2.39. The van der Waals surface area contributed by atoms with Crippen molar-refractivity contribution in [1.29, 1.82) is 0 Å². The summed E-state index contributed by atoms with van der Waals surface area (Å²) in [6.45, 7) is 1.52. The highest BCUT2D eigenvalue weighted by atomic mass is 79.9. The molecule has 0 bridgehead atoms. The normalized spacial score (nSPS) is 18.5. The molecule has 1 unspecified atom stereocenters. The van der Waals surface area contributed by atoms with E-state index in [4.69, 9.17) is 4.74 Å². The van der Waals surface area contributed by atoms with Gasteiger partial charge < -0.3 is 9.84 Å². The van der Waals surface area contributed by atoms with E-state index in [1.807, 2.05) is 24.3 Å². The van der Waals surface area contributed by atoms with Crippen molar-refractivity contribution in [2.45, 2.75) is 25.2 Å². The third-order valence-electron chi connectivity index (χ3n) is 3.48. The molecule has 0 amide bonds. The fourth-order valence-corrected chi connectivity index (χ4v) is 2.65. The lowest BCUT2D eigenvalue weighted by atomic mass is 9.85. The zero-order chi connectivity index (χ0) is 13.0. The maximum Gasteiger partial charge on any atom is 0.310 e. The van der Waals surface area contributed by atoms with Crippen molar-refractivity contribution < 1.29 is 14.6 Å². The minimum atomic E-state index is -0.733. The number of aliphatic carboxylic acids is 1. The average Bonchev–Trinajstić information content (AvgIpc) is 2.38. The largest absolute Gasteiger partial charge is 0.481 e. The minimum Gasteiger partial charge on any atom is -0.481 e. The quantitative estimate of drug-likeness (QED) is 0.926. The lowest BCUT2D eigenvalue weighted by molar-refractivity contribution is -0.139. The first-order valence-corrected chi connectivity index (χ1v) is 7.02. The van der Waals surface area contributed by atoms with Gasteiger partial charge in [0.25, 0.3) is 0 Å². The van der Waals surface area contributed by atoms with Crippen molar-refractivity contribution in [3.8, 4) is 0 Å². The number of hydrogen-bond acceptors (Lipinski definition) is 2. The Labute approximate surface area is 115 Å². The van der Waals surface area contributed by atoms with Gasteiger partial charge in [-0.25, -0.2) is 0 Å². The van der Waals surface area contributed by atoms with Gasteiger partial charge in [-0.05, 0) is 42.9 Å². The number of carboxylic acid groups (broad SMARTS) is 1. The first kappa shape index (κ1) is 13.6. The van der Waals surface area contributed by atoms with E-state index in [0.717, 1.165) is 36.1 Å². The van der Waals surface area contributed by atoms with Crippen molar-refractivity contribution in [1.82, 2.24) is 0 Å². The second-order valence-corrected chi connectivity index (χ2v) is 5.65. The van der Waals surface area contributed by atoms with Crippen LogP contribution in [0, 0.1) is 5.92 Å². The second-order valence-electron chi connectivity index (χ2n) is 4.73. The highest BCUT2D eigenvalue weighted by Gasteiger charge is 2.25. The maximum atomic E-state index is 11.4. The number of hydrogen-bond donors (Lipinski definition) is 1. The predicted octanol–water partition coefficient (Wildman–Crippen LogP) is 3.43. The van der Waals surface area contributed by atoms with Crippen molar-refractivity contribution >= 4 is 21.9 Å². The Balaban J connectivity index is 2.07. The molecule has 1 aromatic carbocycles. The van der Waals surface area contributed by atoms with Gasteiger partial charge in [-0.1, -0.05) is 28.1 Å². The standard InChI is InChI=1S/C14H17BrO3/c15-12-3-1-11(2-4-12)13(14(16)17)9-10-5-7-18-8-6-10/h1-4,10,13H,5-9H2,(H,16,17). The summed E-state index contributed by atoms with van der Waals surface area (Å²) in [5.74, 6) is -0.673. The molecule has 1 N–H and O–H groups in total. The molecule has 18 heavy (non-hydrogen) atoms. The first-order chi connectivity index (χ1) is 8.66. The summed E-state index contributed by atoms with van der Waals surface area (Å²) < 4.78 is 6.28. The molecule has 0 radical (unpaired) electrons. The molecule has 1 aliphatic rings. The SMILES string of the molecule is O=C(O)C(CC1CCOCC1)c1ccc(Br)cc1. The smallest absolute Gasteiger partial charge is 0.310 e. The number of carboxylic acids is 1. The molecule has 4 heteroatoms. The fraction of sp³-hybridized carbons (Fsp3) is 0.500. The molecule has 1 atom stereocenters. The van der Waals surface area contributed by atoms with Crippen LogP contribution in [0.3, 0.4) is 0 Å². The highest BCUT2D eigenvalue weighted by molar-refractivity contribution is 9.10. The molecule has 0 saturated carbocycles. The van der Waals surface area contributed by atoms with Crippen LogP contribution in [-0.2, 0) is 9.53 Å². The van der Waals surface area contributed by atoms with E-state index in [9.17, 15) is 9.90 Å². The van der Waals surface area contributed by atoms with E-state index in [-0.39, 0.29) is 0 Å². The molecule has 3 nitrogen and oxygen atoms in total. The molecule has 0 aliphatic carbocycles. The number of carbonyl (C=O) groups is 1. The van der Waals surface area contributed by atoms with E-state index in [2.05, 4.69) is 15.9 Å². The van der Waals surface area contributed by atoms with Gasteiger partial charge in [0.05, 0.1) is 5.92 Å². The monoisotopic (exact) mass is 312 g/mol. The summed E-state index contributed by atoms with van der Waals surface area (Å²) in [6, 6.07) is 7.58. The van der Waals surface area contributed by atoms with Crippen LogP contribution in [-0.4, -0.2) is 24.3 Å². The summed E-state index contributed by atoms with van der Waals surface area (Å²) >= 11 is 3.37. The van der Waals surface area contributed by atoms with Gasteiger partial charge in [-0.3, -0.25) is 4.79 Å². The van der Waals surface area contributed by atoms with E-state index in [1.165, 1.54) is 0 Å². The number of rotatable bonds is 4. The van der Waals surface area contributed by atoms with E-state index < -0.39 is 11.9 Å². The van der Waals surface area contributed by atoms with Gasteiger partial charge in [-0.15, -0.1) is 0 Å². The van der Waals surface area contributed by atoms with Crippen molar-refractivity contribution in [3.63, 3.8) is 0 Å². The van der Waals surface area contributed by atoms with Crippen molar-refractivity contribution in [2.24, 2.45) is 5.92 Å². The summed E-state index contributed by atoms with van der Waals surface area (Å²) in [7, 11) is 0. The first-order valence-electron chi connectivity index (χ1n) is 6.23. The molecular weight excluding hydrogens is 296 g/mol. The molecule has 1 aromatic rings. The van der Waals surface area contributed by atoms with Gasteiger partial charge in [0.1, 0.15) is 0 Å². The number of benzene rings is 1. The Kier molecular flexibility index (Phi) is 4.78. The molecule has 0 spiro atoms. The topological polar surface area (TPSA) is 46.5 Å². The van der Waals surface area contributed by atoms with E-state index >= 15 is 0 Å². The number of ether oxygens (including phenoxy) is 1. The Hall–Kier alpha value is -0.870. The van der Waals surface area contributed by atoms with Gasteiger partial charge >= 0.3 is 5.97 Å². The van der Waals surface area contributed by atoms with E-state index in [1.54, 1.807) is 0 Å². The highest BCUT2D eigenvalue weighted by Crippen LogP contribution is 2.30. The van der Waals surface area contributed by atoms with Crippen LogP contribution in [0.5, 0.6) is 0 Å². The van der Waals surface area contributed by atoms with Crippen LogP contribution in [0.2, 0.25) is 0 Å². The zero-order valence-corrected chi connectivity index (χ0v) is 11.7. The van der Waals surface area contributed by atoms with Crippen LogP contribution in [0.1, 0.15) is 30.7 Å². The molecule has 1 fully saturated rings. The average molecular weight is 313 g/mol. The van der Waals surface area contributed by atoms with Gasteiger partial charge in [0.15, 0.2) is 0 Å². The van der Waals surface area contributed by atoms with Crippen LogP contribution in [0.4, 0.5) is 0 Å². The van der Waals surface area contributed by atoms with Crippen LogP contribution < -0.4 is 0 Å². The van der Waals surface area contributed by atoms with E-state index in [0.29, 0.717) is 12.3 Å². The lowest BCUT2D eigenvalue weighted by Crippen LogP contribution is -2.21. The molecule has 1 heterocycles. The summed E-state index contributed by atoms with van der Waals surface area (Å²) in [4.78, 5) is 11.4. The Morgan fingerprint density at radius 3 is 2.50 bits per heavy atom. The summed E-state index contributed by atoms with van der Waals surface area (Å²) in [6.07, 6.45) is 2.65. The van der Waals surface area contributed by atoms with Gasteiger partial charge in [-0.2, -0.15) is 0 Å². The zero-order valence-electron chi connectivity index (χ0n) is 10.1. The minimum absolute atomic E-state index is 0.402. The van der Waals surface area contributed by atoms with Crippen LogP contribution in [0.25, 0.3) is 0 Å².